The molecular weight excluding hydrogens is 231 g/mol. The number of piperidine rings is 1. The summed E-state index contributed by atoms with van der Waals surface area (Å²) in [5, 5.41) is 6.21. The van der Waals surface area contributed by atoms with Crippen molar-refractivity contribution in [3.05, 3.63) is 35.1 Å². The smallest absolute Gasteiger partial charge is 0.251 e. The number of rotatable bonds is 3. The van der Waals surface area contributed by atoms with Crippen molar-refractivity contribution in [2.24, 2.45) is 0 Å². The first-order valence-corrected chi connectivity index (χ1v) is 6.44. The Hall–Kier alpha value is -1.42. The molecule has 0 aliphatic carbocycles. The first-order chi connectivity index (χ1) is 8.65. The summed E-state index contributed by atoms with van der Waals surface area (Å²) in [6, 6.07) is 4.74. The summed E-state index contributed by atoms with van der Waals surface area (Å²) < 4.78 is 13.2. The Morgan fingerprint density at radius 2 is 2.28 bits per heavy atom. The van der Waals surface area contributed by atoms with E-state index in [9.17, 15) is 9.18 Å². The molecule has 0 saturated carbocycles. The van der Waals surface area contributed by atoms with Gasteiger partial charge in [0, 0.05) is 18.2 Å². The van der Waals surface area contributed by atoms with Gasteiger partial charge in [-0.2, -0.15) is 0 Å². The van der Waals surface area contributed by atoms with E-state index in [-0.39, 0.29) is 11.7 Å². The number of amides is 1. The molecule has 2 rings (SSSR count). The monoisotopic (exact) mass is 250 g/mol. The van der Waals surface area contributed by atoms with Gasteiger partial charge in [-0.25, -0.2) is 4.39 Å². The molecule has 3 nitrogen and oxygen atoms in total. The van der Waals surface area contributed by atoms with Crippen molar-refractivity contribution in [2.45, 2.75) is 32.2 Å². The lowest BCUT2D eigenvalue weighted by molar-refractivity contribution is 0.0947. The summed E-state index contributed by atoms with van der Waals surface area (Å²) in [5.74, 6) is -0.569. The summed E-state index contributed by atoms with van der Waals surface area (Å²) in [5.41, 5.74) is 1.15. The highest BCUT2D eigenvalue weighted by atomic mass is 19.1. The zero-order valence-corrected chi connectivity index (χ0v) is 10.6. The minimum absolute atomic E-state index is 0.204. The van der Waals surface area contributed by atoms with Crippen molar-refractivity contribution in [3.8, 4) is 0 Å². The molecule has 1 heterocycles. The van der Waals surface area contributed by atoms with Crippen molar-refractivity contribution in [3.63, 3.8) is 0 Å². The summed E-state index contributed by atoms with van der Waals surface area (Å²) in [6.07, 6.45) is 3.49. The van der Waals surface area contributed by atoms with E-state index in [1.54, 1.807) is 13.0 Å². The second kappa shape index (κ2) is 5.96. The molecule has 1 aliphatic rings. The van der Waals surface area contributed by atoms with Crippen molar-refractivity contribution in [1.82, 2.24) is 10.6 Å². The van der Waals surface area contributed by atoms with Crippen LogP contribution in [0.5, 0.6) is 0 Å². The average molecular weight is 250 g/mol. The number of halogens is 1. The Labute approximate surface area is 107 Å². The molecule has 4 heteroatoms. The zero-order valence-electron chi connectivity index (χ0n) is 10.6. The average Bonchev–Trinajstić information content (AvgIpc) is 2.36. The maximum Gasteiger partial charge on any atom is 0.251 e. The third kappa shape index (κ3) is 3.53. The van der Waals surface area contributed by atoms with E-state index >= 15 is 0 Å². The van der Waals surface area contributed by atoms with Crippen LogP contribution < -0.4 is 10.6 Å². The SMILES string of the molecule is Cc1cc(F)cc(C(=O)NCC2CCCCN2)c1. The van der Waals surface area contributed by atoms with Crippen LogP contribution in [0.3, 0.4) is 0 Å². The van der Waals surface area contributed by atoms with Crippen LogP contribution in [0, 0.1) is 12.7 Å². The molecule has 0 aromatic heterocycles. The number of nitrogens with one attached hydrogen (secondary N) is 2. The van der Waals surface area contributed by atoms with Crippen LogP contribution in [-0.4, -0.2) is 25.0 Å². The van der Waals surface area contributed by atoms with Gasteiger partial charge < -0.3 is 10.6 Å². The molecule has 1 aromatic rings. The largest absolute Gasteiger partial charge is 0.350 e. The van der Waals surface area contributed by atoms with Crippen LogP contribution in [-0.2, 0) is 0 Å². The number of benzene rings is 1. The van der Waals surface area contributed by atoms with Crippen molar-refractivity contribution in [2.75, 3.05) is 13.1 Å². The first kappa shape index (κ1) is 13.0. The quantitative estimate of drug-likeness (QED) is 0.861. The second-order valence-corrected chi connectivity index (χ2v) is 4.87. The lowest BCUT2D eigenvalue weighted by Gasteiger charge is -2.23. The van der Waals surface area contributed by atoms with Gasteiger partial charge in [0.05, 0.1) is 0 Å². The zero-order chi connectivity index (χ0) is 13.0. The first-order valence-electron chi connectivity index (χ1n) is 6.44. The van der Waals surface area contributed by atoms with Gasteiger partial charge in [-0.05, 0) is 50.1 Å². The lowest BCUT2D eigenvalue weighted by atomic mass is 10.0. The van der Waals surface area contributed by atoms with E-state index in [0.29, 0.717) is 18.2 Å². The van der Waals surface area contributed by atoms with E-state index in [0.717, 1.165) is 18.5 Å². The van der Waals surface area contributed by atoms with Gasteiger partial charge in [-0.3, -0.25) is 4.79 Å². The third-order valence-electron chi connectivity index (χ3n) is 3.23. The van der Waals surface area contributed by atoms with Gasteiger partial charge in [0.1, 0.15) is 5.82 Å². The molecule has 1 atom stereocenters. The number of aryl methyl sites for hydroxylation is 1. The molecule has 1 aliphatic heterocycles. The molecule has 0 radical (unpaired) electrons. The Morgan fingerprint density at radius 3 is 2.94 bits per heavy atom. The molecule has 0 bridgehead atoms. The molecule has 0 spiro atoms. The molecule has 1 fully saturated rings. The van der Waals surface area contributed by atoms with Gasteiger partial charge in [-0.15, -0.1) is 0 Å². The normalized spacial score (nSPS) is 19.6. The van der Waals surface area contributed by atoms with Gasteiger partial charge in [0.15, 0.2) is 0 Å². The topological polar surface area (TPSA) is 41.1 Å². The summed E-state index contributed by atoms with van der Waals surface area (Å²) in [7, 11) is 0. The summed E-state index contributed by atoms with van der Waals surface area (Å²) in [4.78, 5) is 11.9. The highest BCUT2D eigenvalue weighted by molar-refractivity contribution is 5.94. The van der Waals surface area contributed by atoms with Crippen LogP contribution >= 0.6 is 0 Å². The van der Waals surface area contributed by atoms with Crippen LogP contribution in [0.25, 0.3) is 0 Å². The fourth-order valence-corrected chi connectivity index (χ4v) is 2.28. The number of hydrogen-bond donors (Lipinski definition) is 2. The highest BCUT2D eigenvalue weighted by Crippen LogP contribution is 2.09. The minimum Gasteiger partial charge on any atom is -0.350 e. The predicted octanol–water partition coefficient (Wildman–Crippen LogP) is 2.01. The predicted molar refractivity (Wildman–Crippen MR) is 69.1 cm³/mol. The van der Waals surface area contributed by atoms with Gasteiger partial charge >= 0.3 is 0 Å². The van der Waals surface area contributed by atoms with E-state index in [4.69, 9.17) is 0 Å². The van der Waals surface area contributed by atoms with Crippen molar-refractivity contribution < 1.29 is 9.18 Å². The van der Waals surface area contributed by atoms with Gasteiger partial charge in [-0.1, -0.05) is 6.42 Å². The van der Waals surface area contributed by atoms with Crippen molar-refractivity contribution in [1.29, 1.82) is 0 Å². The van der Waals surface area contributed by atoms with Crippen LogP contribution in [0.2, 0.25) is 0 Å². The van der Waals surface area contributed by atoms with Crippen LogP contribution in [0.1, 0.15) is 35.2 Å². The van der Waals surface area contributed by atoms with Crippen molar-refractivity contribution >= 4 is 5.91 Å². The molecule has 1 aromatic carbocycles. The summed E-state index contributed by atoms with van der Waals surface area (Å²) in [6.45, 7) is 3.40. The lowest BCUT2D eigenvalue weighted by Crippen LogP contribution is -2.43. The Kier molecular flexibility index (Phi) is 4.31. The Bertz CT molecular complexity index is 408. The highest BCUT2D eigenvalue weighted by Gasteiger charge is 2.14. The van der Waals surface area contributed by atoms with E-state index in [1.807, 2.05) is 0 Å². The summed E-state index contributed by atoms with van der Waals surface area (Å²) >= 11 is 0. The van der Waals surface area contributed by atoms with Gasteiger partial charge in [0.2, 0.25) is 0 Å². The van der Waals surface area contributed by atoms with E-state index in [2.05, 4.69) is 10.6 Å². The fourth-order valence-electron chi connectivity index (χ4n) is 2.28. The standard InChI is InChI=1S/C14H19FN2O/c1-10-6-11(8-12(15)7-10)14(18)17-9-13-4-2-3-5-16-13/h6-8,13,16H,2-5,9H2,1H3,(H,17,18). The number of carbonyl (C=O) groups excluding carboxylic acids is 1. The molecule has 98 valence electrons. The van der Waals surface area contributed by atoms with Gasteiger partial charge in [0.25, 0.3) is 5.91 Å². The van der Waals surface area contributed by atoms with E-state index < -0.39 is 0 Å². The maximum absolute atomic E-state index is 13.2. The fraction of sp³-hybridized carbons (Fsp3) is 0.500. The molecule has 2 N–H and O–H groups in total. The van der Waals surface area contributed by atoms with Crippen LogP contribution in [0.4, 0.5) is 4.39 Å². The third-order valence-corrected chi connectivity index (χ3v) is 3.23. The van der Waals surface area contributed by atoms with Crippen LogP contribution in [0.15, 0.2) is 18.2 Å². The molecular formula is C14H19FN2O. The second-order valence-electron chi connectivity index (χ2n) is 4.87. The minimum atomic E-state index is -0.365. The maximum atomic E-state index is 13.2. The Balaban J connectivity index is 1.90. The molecule has 1 unspecified atom stereocenters. The van der Waals surface area contributed by atoms with E-state index in [1.165, 1.54) is 25.0 Å². The number of hydrogen-bond acceptors (Lipinski definition) is 2. The molecule has 18 heavy (non-hydrogen) atoms. The molecule has 1 amide bonds. The number of carbonyl (C=O) groups is 1. The molecule has 1 saturated heterocycles. The Morgan fingerprint density at radius 1 is 1.44 bits per heavy atom.